The first-order valence-electron chi connectivity index (χ1n) is 7.77. The number of aryl methyl sites for hydroxylation is 3. The van der Waals surface area contributed by atoms with Crippen LogP contribution in [-0.4, -0.2) is 45.5 Å². The van der Waals surface area contributed by atoms with Gasteiger partial charge in [-0.3, -0.25) is 9.89 Å². The van der Waals surface area contributed by atoms with Crippen molar-refractivity contribution in [2.75, 3.05) is 13.2 Å². The lowest BCUT2D eigenvalue weighted by atomic mass is 9.98. The summed E-state index contributed by atoms with van der Waals surface area (Å²) in [6.45, 7) is 4.87. The Morgan fingerprint density at radius 2 is 2.30 bits per heavy atom. The minimum atomic E-state index is -0.0123. The second-order valence-electron chi connectivity index (χ2n) is 5.95. The first-order valence-corrected chi connectivity index (χ1v) is 7.77. The molecule has 2 aromatic rings. The maximum absolute atomic E-state index is 12.1. The second-order valence-corrected chi connectivity index (χ2v) is 5.95. The molecule has 0 unspecified atom stereocenters. The third-order valence-electron chi connectivity index (χ3n) is 3.90. The zero-order valence-corrected chi connectivity index (χ0v) is 13.3. The molecule has 0 radical (unpaired) electrons. The van der Waals surface area contributed by atoms with Gasteiger partial charge < -0.3 is 14.6 Å². The molecule has 3 heterocycles. The number of hydrogen-bond donors (Lipinski definition) is 2. The van der Waals surface area contributed by atoms with Crippen molar-refractivity contribution in [2.24, 2.45) is 5.92 Å². The van der Waals surface area contributed by atoms with Gasteiger partial charge in [-0.05, 0) is 13.8 Å². The van der Waals surface area contributed by atoms with Gasteiger partial charge in [-0.2, -0.15) is 5.10 Å². The molecule has 0 bridgehead atoms. The molecular weight excluding hydrogens is 298 g/mol. The van der Waals surface area contributed by atoms with E-state index in [9.17, 15) is 4.79 Å². The maximum Gasteiger partial charge on any atom is 0.220 e. The highest BCUT2D eigenvalue weighted by atomic mass is 16.5. The Labute approximate surface area is 134 Å². The number of amides is 1. The molecule has 2 aromatic heterocycles. The summed E-state index contributed by atoms with van der Waals surface area (Å²) >= 11 is 0. The van der Waals surface area contributed by atoms with Crippen LogP contribution in [0.25, 0.3) is 0 Å². The number of ether oxygens (including phenoxy) is 1. The number of rotatable bonds is 6. The second kappa shape index (κ2) is 6.91. The van der Waals surface area contributed by atoms with Crippen molar-refractivity contribution in [1.82, 2.24) is 25.7 Å². The smallest absolute Gasteiger partial charge is 0.220 e. The van der Waals surface area contributed by atoms with Gasteiger partial charge in [0.15, 0.2) is 5.82 Å². The van der Waals surface area contributed by atoms with E-state index in [4.69, 9.17) is 9.26 Å². The summed E-state index contributed by atoms with van der Waals surface area (Å²) in [6.07, 6.45) is 1.60. The third-order valence-corrected chi connectivity index (χ3v) is 3.90. The molecule has 1 aliphatic heterocycles. The highest BCUT2D eigenvalue weighted by molar-refractivity contribution is 5.76. The monoisotopic (exact) mass is 319 g/mol. The van der Waals surface area contributed by atoms with Crippen LogP contribution in [0.2, 0.25) is 0 Å². The standard InChI is InChI=1S/C15H21N5O3/c1-9-5-12(23-20-9)6-11-7-22-8-13(11)17-15(21)4-3-14-16-10(2)18-19-14/h5,11,13H,3-4,6-8H2,1-2H3,(H,17,21)(H,16,18,19)/t11-,13+/m0/s1. The summed E-state index contributed by atoms with van der Waals surface area (Å²) in [5.74, 6) is 2.44. The zero-order chi connectivity index (χ0) is 16.2. The van der Waals surface area contributed by atoms with Gasteiger partial charge in [-0.1, -0.05) is 5.16 Å². The first kappa shape index (κ1) is 15.7. The SMILES string of the molecule is Cc1cc(C[C@H]2COC[C@H]2NC(=O)CCc2n[nH]c(C)n2)on1. The third kappa shape index (κ3) is 4.16. The number of aromatic amines is 1. The fraction of sp³-hybridized carbons (Fsp3) is 0.600. The molecule has 0 aliphatic carbocycles. The van der Waals surface area contributed by atoms with E-state index in [0.29, 0.717) is 38.3 Å². The molecule has 1 fully saturated rings. The van der Waals surface area contributed by atoms with Crippen molar-refractivity contribution >= 4 is 5.91 Å². The number of aromatic nitrogens is 4. The molecular formula is C15H21N5O3. The predicted octanol–water partition coefficient (Wildman–Crippen LogP) is 0.716. The molecule has 23 heavy (non-hydrogen) atoms. The van der Waals surface area contributed by atoms with Crippen molar-refractivity contribution in [3.05, 3.63) is 29.2 Å². The summed E-state index contributed by atoms with van der Waals surface area (Å²) in [4.78, 5) is 16.3. The van der Waals surface area contributed by atoms with Crippen LogP contribution >= 0.6 is 0 Å². The summed E-state index contributed by atoms with van der Waals surface area (Å²) in [7, 11) is 0. The van der Waals surface area contributed by atoms with Crippen LogP contribution in [0.1, 0.15) is 29.5 Å². The van der Waals surface area contributed by atoms with Crippen LogP contribution in [0.5, 0.6) is 0 Å². The summed E-state index contributed by atoms with van der Waals surface area (Å²) in [6, 6.07) is 1.92. The van der Waals surface area contributed by atoms with Gasteiger partial charge in [-0.15, -0.1) is 0 Å². The van der Waals surface area contributed by atoms with E-state index >= 15 is 0 Å². The number of nitrogens with zero attached hydrogens (tertiary/aromatic N) is 3. The molecule has 1 amide bonds. The molecule has 124 valence electrons. The largest absolute Gasteiger partial charge is 0.379 e. The Balaban J connectivity index is 1.48. The average Bonchev–Trinajstić information content (AvgIpc) is 3.21. The number of H-pyrrole nitrogens is 1. The van der Waals surface area contributed by atoms with Crippen molar-refractivity contribution in [3.8, 4) is 0 Å². The van der Waals surface area contributed by atoms with Crippen molar-refractivity contribution in [1.29, 1.82) is 0 Å². The van der Waals surface area contributed by atoms with Gasteiger partial charge in [0.2, 0.25) is 5.91 Å². The van der Waals surface area contributed by atoms with Gasteiger partial charge in [0.1, 0.15) is 11.6 Å². The minimum absolute atomic E-state index is 0.00165. The fourth-order valence-corrected chi connectivity index (χ4v) is 2.74. The molecule has 8 heteroatoms. The molecule has 1 aliphatic rings. The van der Waals surface area contributed by atoms with Gasteiger partial charge in [0, 0.05) is 31.2 Å². The number of hydrogen-bond acceptors (Lipinski definition) is 6. The lowest BCUT2D eigenvalue weighted by Crippen LogP contribution is -2.40. The van der Waals surface area contributed by atoms with E-state index in [0.717, 1.165) is 17.3 Å². The molecule has 0 spiro atoms. The average molecular weight is 319 g/mol. The van der Waals surface area contributed by atoms with E-state index in [-0.39, 0.29) is 17.9 Å². The Hall–Kier alpha value is -2.22. The van der Waals surface area contributed by atoms with Gasteiger partial charge in [0.25, 0.3) is 0 Å². The van der Waals surface area contributed by atoms with E-state index < -0.39 is 0 Å². The normalized spacial score (nSPS) is 20.8. The van der Waals surface area contributed by atoms with Gasteiger partial charge in [0.05, 0.1) is 24.9 Å². The Morgan fingerprint density at radius 1 is 1.43 bits per heavy atom. The molecule has 8 nitrogen and oxygen atoms in total. The molecule has 2 atom stereocenters. The van der Waals surface area contributed by atoms with Crippen LogP contribution in [0, 0.1) is 19.8 Å². The molecule has 1 saturated heterocycles. The van der Waals surface area contributed by atoms with Crippen LogP contribution in [0.3, 0.4) is 0 Å². The number of nitrogens with one attached hydrogen (secondary N) is 2. The lowest BCUT2D eigenvalue weighted by Gasteiger charge is -2.17. The molecule has 0 saturated carbocycles. The number of carbonyl (C=O) groups is 1. The topological polar surface area (TPSA) is 106 Å². The summed E-state index contributed by atoms with van der Waals surface area (Å²) in [5, 5.41) is 13.7. The predicted molar refractivity (Wildman–Crippen MR) is 80.6 cm³/mol. The van der Waals surface area contributed by atoms with Gasteiger partial charge in [-0.25, -0.2) is 4.98 Å². The van der Waals surface area contributed by atoms with Crippen molar-refractivity contribution in [2.45, 2.75) is 39.2 Å². The zero-order valence-electron chi connectivity index (χ0n) is 13.3. The van der Waals surface area contributed by atoms with Crippen LogP contribution in [0.4, 0.5) is 0 Å². The Bertz CT molecular complexity index is 666. The Kier molecular flexibility index (Phi) is 4.71. The van der Waals surface area contributed by atoms with Gasteiger partial charge >= 0.3 is 0 Å². The first-order chi connectivity index (χ1) is 11.1. The fourth-order valence-electron chi connectivity index (χ4n) is 2.74. The molecule has 0 aromatic carbocycles. The number of carbonyl (C=O) groups excluding carboxylic acids is 1. The summed E-state index contributed by atoms with van der Waals surface area (Å²) in [5.41, 5.74) is 0.862. The van der Waals surface area contributed by atoms with E-state index in [2.05, 4.69) is 25.7 Å². The minimum Gasteiger partial charge on any atom is -0.379 e. The van der Waals surface area contributed by atoms with E-state index in [1.54, 1.807) is 0 Å². The molecule has 2 N–H and O–H groups in total. The molecule has 3 rings (SSSR count). The van der Waals surface area contributed by atoms with Crippen molar-refractivity contribution in [3.63, 3.8) is 0 Å². The van der Waals surface area contributed by atoms with E-state index in [1.807, 2.05) is 19.9 Å². The van der Waals surface area contributed by atoms with Crippen molar-refractivity contribution < 1.29 is 14.1 Å². The van der Waals surface area contributed by atoms with Crippen LogP contribution in [-0.2, 0) is 22.4 Å². The summed E-state index contributed by atoms with van der Waals surface area (Å²) < 4.78 is 10.8. The lowest BCUT2D eigenvalue weighted by molar-refractivity contribution is -0.122. The van der Waals surface area contributed by atoms with Crippen LogP contribution in [0.15, 0.2) is 10.6 Å². The van der Waals surface area contributed by atoms with Crippen LogP contribution < -0.4 is 5.32 Å². The Morgan fingerprint density at radius 3 is 3.00 bits per heavy atom. The highest BCUT2D eigenvalue weighted by Gasteiger charge is 2.30. The quantitative estimate of drug-likeness (QED) is 0.812. The van der Waals surface area contributed by atoms with E-state index in [1.165, 1.54) is 0 Å². The maximum atomic E-state index is 12.1. The highest BCUT2D eigenvalue weighted by Crippen LogP contribution is 2.20.